The lowest BCUT2D eigenvalue weighted by Crippen LogP contribution is -2.48. The van der Waals surface area contributed by atoms with Crippen LogP contribution >= 0.6 is 0 Å². The molecule has 17 heavy (non-hydrogen) atoms. The molecule has 4 N–H and O–H groups in total. The first kappa shape index (κ1) is 15.4. The first-order valence-electron chi connectivity index (χ1n) is 5.46. The SMILES string of the molecule is CCNC(=O)NC(=O)CN(CC(N)=O)C(C)C. The van der Waals surface area contributed by atoms with Crippen molar-refractivity contribution in [3.63, 3.8) is 0 Å². The molecule has 0 spiro atoms. The maximum atomic E-state index is 11.5. The maximum absolute atomic E-state index is 11.5. The fourth-order valence-electron chi connectivity index (χ4n) is 1.18. The van der Waals surface area contributed by atoms with Crippen molar-refractivity contribution < 1.29 is 14.4 Å². The summed E-state index contributed by atoms with van der Waals surface area (Å²) in [5, 5.41) is 4.60. The number of imide groups is 1. The zero-order valence-electron chi connectivity index (χ0n) is 10.4. The minimum Gasteiger partial charge on any atom is -0.369 e. The van der Waals surface area contributed by atoms with Crippen LogP contribution in [0.5, 0.6) is 0 Å². The number of urea groups is 1. The monoisotopic (exact) mass is 244 g/mol. The molecule has 0 unspecified atom stereocenters. The van der Waals surface area contributed by atoms with Gasteiger partial charge in [-0.1, -0.05) is 0 Å². The van der Waals surface area contributed by atoms with E-state index in [0.717, 1.165) is 0 Å². The lowest BCUT2D eigenvalue weighted by molar-refractivity contribution is -0.123. The molecule has 0 heterocycles. The fourth-order valence-corrected chi connectivity index (χ4v) is 1.18. The van der Waals surface area contributed by atoms with Crippen molar-refractivity contribution in [2.45, 2.75) is 26.8 Å². The molecule has 4 amide bonds. The topological polar surface area (TPSA) is 105 Å². The van der Waals surface area contributed by atoms with Gasteiger partial charge in [0.05, 0.1) is 13.1 Å². The van der Waals surface area contributed by atoms with Crippen LogP contribution in [-0.2, 0) is 9.59 Å². The summed E-state index contributed by atoms with van der Waals surface area (Å²) < 4.78 is 0. The Balaban J connectivity index is 4.21. The highest BCUT2D eigenvalue weighted by Crippen LogP contribution is 1.96. The van der Waals surface area contributed by atoms with Crippen LogP contribution in [0, 0.1) is 0 Å². The Bertz CT molecular complexity index is 291. The summed E-state index contributed by atoms with van der Waals surface area (Å²) in [5.41, 5.74) is 5.06. The van der Waals surface area contributed by atoms with E-state index in [9.17, 15) is 14.4 Å². The number of carbonyl (C=O) groups excluding carboxylic acids is 3. The van der Waals surface area contributed by atoms with Crippen LogP contribution in [0.3, 0.4) is 0 Å². The van der Waals surface area contributed by atoms with Gasteiger partial charge in [-0.3, -0.25) is 19.8 Å². The molecule has 0 saturated heterocycles. The normalized spacial score (nSPS) is 10.4. The second-order valence-electron chi connectivity index (χ2n) is 3.87. The second kappa shape index (κ2) is 7.61. The highest BCUT2D eigenvalue weighted by atomic mass is 16.2. The van der Waals surface area contributed by atoms with Crippen LogP contribution in [0.2, 0.25) is 0 Å². The van der Waals surface area contributed by atoms with Crippen LogP contribution in [-0.4, -0.2) is 48.4 Å². The minimum absolute atomic E-state index is 0.0116. The summed E-state index contributed by atoms with van der Waals surface area (Å²) >= 11 is 0. The van der Waals surface area contributed by atoms with Crippen LogP contribution in [0.15, 0.2) is 0 Å². The minimum atomic E-state index is -0.541. The van der Waals surface area contributed by atoms with E-state index in [4.69, 9.17) is 5.73 Å². The standard InChI is InChI=1S/C10H20N4O3/c1-4-12-10(17)13-9(16)6-14(7(2)3)5-8(11)15/h7H,4-6H2,1-3H3,(H2,11,15)(H2,12,13,16,17). The molecule has 0 aliphatic carbocycles. The van der Waals surface area contributed by atoms with Crippen molar-refractivity contribution in [1.29, 1.82) is 0 Å². The average Bonchev–Trinajstić information content (AvgIpc) is 2.15. The molecule has 0 atom stereocenters. The van der Waals surface area contributed by atoms with E-state index in [2.05, 4.69) is 10.6 Å². The average molecular weight is 244 g/mol. The van der Waals surface area contributed by atoms with E-state index in [1.54, 1.807) is 11.8 Å². The van der Waals surface area contributed by atoms with Gasteiger partial charge in [-0.15, -0.1) is 0 Å². The van der Waals surface area contributed by atoms with Crippen LogP contribution in [0.4, 0.5) is 4.79 Å². The fraction of sp³-hybridized carbons (Fsp3) is 0.700. The molecule has 7 heteroatoms. The van der Waals surface area contributed by atoms with Gasteiger partial charge in [-0.2, -0.15) is 0 Å². The molecular formula is C10H20N4O3. The summed E-state index contributed by atoms with van der Waals surface area (Å²) in [5.74, 6) is -0.976. The van der Waals surface area contributed by atoms with E-state index >= 15 is 0 Å². The van der Waals surface area contributed by atoms with Gasteiger partial charge in [0, 0.05) is 12.6 Å². The Morgan fingerprint density at radius 1 is 1.24 bits per heavy atom. The van der Waals surface area contributed by atoms with E-state index in [1.165, 1.54) is 0 Å². The molecule has 0 aliphatic rings. The maximum Gasteiger partial charge on any atom is 0.321 e. The van der Waals surface area contributed by atoms with Crippen molar-refractivity contribution in [2.24, 2.45) is 5.73 Å². The van der Waals surface area contributed by atoms with E-state index in [1.807, 2.05) is 13.8 Å². The smallest absolute Gasteiger partial charge is 0.321 e. The third kappa shape index (κ3) is 7.29. The molecule has 0 aromatic heterocycles. The summed E-state index contributed by atoms with van der Waals surface area (Å²) in [6.07, 6.45) is 0. The Kier molecular flexibility index (Phi) is 6.88. The molecule has 0 rings (SSSR count). The number of amides is 4. The molecule has 0 bridgehead atoms. The van der Waals surface area contributed by atoms with Gasteiger partial charge in [0.2, 0.25) is 11.8 Å². The zero-order chi connectivity index (χ0) is 13.4. The van der Waals surface area contributed by atoms with Gasteiger partial charge in [0.1, 0.15) is 0 Å². The molecule has 0 fully saturated rings. The number of primary amides is 1. The number of hydrogen-bond acceptors (Lipinski definition) is 4. The second-order valence-corrected chi connectivity index (χ2v) is 3.87. The lowest BCUT2D eigenvalue weighted by Gasteiger charge is -2.23. The first-order chi connectivity index (χ1) is 7.86. The van der Waals surface area contributed by atoms with Crippen LogP contribution in [0.1, 0.15) is 20.8 Å². The summed E-state index contributed by atoms with van der Waals surface area (Å²) in [7, 11) is 0. The quantitative estimate of drug-likeness (QED) is 0.559. The molecule has 98 valence electrons. The molecule has 0 aromatic carbocycles. The molecule has 0 saturated carbocycles. The van der Waals surface area contributed by atoms with Crippen molar-refractivity contribution in [3.8, 4) is 0 Å². The lowest BCUT2D eigenvalue weighted by atomic mass is 10.3. The Morgan fingerprint density at radius 3 is 2.24 bits per heavy atom. The third-order valence-corrected chi connectivity index (χ3v) is 2.03. The number of nitrogens with one attached hydrogen (secondary N) is 2. The van der Waals surface area contributed by atoms with E-state index in [-0.39, 0.29) is 19.1 Å². The molecule has 0 aliphatic heterocycles. The predicted octanol–water partition coefficient (Wildman–Crippen LogP) is -0.972. The van der Waals surface area contributed by atoms with Crippen molar-refractivity contribution >= 4 is 17.8 Å². The molecule has 0 radical (unpaired) electrons. The number of hydrogen-bond donors (Lipinski definition) is 3. The van der Waals surface area contributed by atoms with Crippen LogP contribution in [0.25, 0.3) is 0 Å². The molecular weight excluding hydrogens is 224 g/mol. The van der Waals surface area contributed by atoms with Gasteiger partial charge < -0.3 is 11.1 Å². The van der Waals surface area contributed by atoms with Gasteiger partial charge in [0.15, 0.2) is 0 Å². The van der Waals surface area contributed by atoms with Gasteiger partial charge in [0.25, 0.3) is 0 Å². The molecule has 0 aromatic rings. The van der Waals surface area contributed by atoms with Gasteiger partial charge >= 0.3 is 6.03 Å². The Hall–Kier alpha value is -1.63. The third-order valence-electron chi connectivity index (χ3n) is 2.03. The highest BCUT2D eigenvalue weighted by molar-refractivity contribution is 5.95. The number of rotatable bonds is 6. The van der Waals surface area contributed by atoms with Crippen molar-refractivity contribution in [2.75, 3.05) is 19.6 Å². The van der Waals surface area contributed by atoms with Crippen LogP contribution < -0.4 is 16.4 Å². The number of nitrogens with two attached hydrogens (primary N) is 1. The van der Waals surface area contributed by atoms with E-state index < -0.39 is 17.8 Å². The van der Waals surface area contributed by atoms with Crippen molar-refractivity contribution in [1.82, 2.24) is 15.5 Å². The summed E-state index contributed by atoms with van der Waals surface area (Å²) in [6, 6.07) is -0.553. The predicted molar refractivity (Wildman–Crippen MR) is 63.1 cm³/mol. The van der Waals surface area contributed by atoms with Gasteiger partial charge in [-0.25, -0.2) is 4.79 Å². The van der Waals surface area contributed by atoms with E-state index in [0.29, 0.717) is 6.54 Å². The Labute approximate surface area is 101 Å². The van der Waals surface area contributed by atoms with Gasteiger partial charge in [-0.05, 0) is 20.8 Å². The summed E-state index contributed by atoms with van der Waals surface area (Å²) in [4.78, 5) is 34.9. The number of nitrogens with zero attached hydrogens (tertiary/aromatic N) is 1. The number of carbonyl (C=O) groups is 3. The largest absolute Gasteiger partial charge is 0.369 e. The first-order valence-corrected chi connectivity index (χ1v) is 5.46. The Morgan fingerprint density at radius 2 is 1.82 bits per heavy atom. The highest BCUT2D eigenvalue weighted by Gasteiger charge is 2.17. The molecule has 7 nitrogen and oxygen atoms in total. The summed E-state index contributed by atoms with van der Waals surface area (Å²) in [6.45, 7) is 5.80. The zero-order valence-corrected chi connectivity index (χ0v) is 10.4. The van der Waals surface area contributed by atoms with Crippen molar-refractivity contribution in [3.05, 3.63) is 0 Å².